The van der Waals surface area contributed by atoms with E-state index < -0.39 is 0 Å². The predicted molar refractivity (Wildman–Crippen MR) is 137 cm³/mol. The summed E-state index contributed by atoms with van der Waals surface area (Å²) in [5, 5.41) is 0.643. The van der Waals surface area contributed by atoms with Gasteiger partial charge in [0, 0.05) is 22.2 Å². The molecule has 1 saturated heterocycles. The van der Waals surface area contributed by atoms with Crippen molar-refractivity contribution in [2.75, 3.05) is 19.1 Å². The van der Waals surface area contributed by atoms with Crippen molar-refractivity contribution in [3.63, 3.8) is 0 Å². The maximum absolute atomic E-state index is 13.3. The van der Waals surface area contributed by atoms with Gasteiger partial charge >= 0.3 is 0 Å². The predicted octanol–water partition coefficient (Wildman–Crippen LogP) is 6.34. The van der Waals surface area contributed by atoms with Crippen LogP contribution in [0.5, 0.6) is 17.2 Å². The minimum atomic E-state index is -0.227. The molecule has 0 saturated carbocycles. The molecular weight excluding hydrogens is 478 g/mol. The van der Waals surface area contributed by atoms with E-state index in [4.69, 9.17) is 38.0 Å². The molecule has 5 nitrogen and oxygen atoms in total. The Labute approximate surface area is 206 Å². The van der Waals surface area contributed by atoms with Crippen molar-refractivity contribution in [3.8, 4) is 17.2 Å². The Hall–Kier alpha value is -3.00. The Morgan fingerprint density at radius 1 is 1.00 bits per heavy atom. The average molecular weight is 498 g/mol. The molecule has 0 unspecified atom stereocenters. The molecule has 1 aliphatic rings. The number of rotatable bonds is 7. The molecule has 0 bridgehead atoms. The molecule has 8 heteroatoms. The highest BCUT2D eigenvalue weighted by Gasteiger charge is 2.35. The molecule has 1 amide bonds. The second-order valence-corrected chi connectivity index (χ2v) is 9.06. The van der Waals surface area contributed by atoms with Gasteiger partial charge in [0.25, 0.3) is 5.91 Å². The topological polar surface area (TPSA) is 48.0 Å². The van der Waals surface area contributed by atoms with E-state index in [1.165, 1.54) is 16.7 Å². The zero-order valence-corrected chi connectivity index (χ0v) is 20.3. The molecule has 0 radical (unpaired) electrons. The molecule has 1 fully saturated rings. The Morgan fingerprint density at radius 3 is 2.52 bits per heavy atom. The third kappa shape index (κ3) is 5.00. The highest BCUT2D eigenvalue weighted by Crippen LogP contribution is 2.41. The fraction of sp³-hybridized carbons (Fsp3) is 0.120. The van der Waals surface area contributed by atoms with Gasteiger partial charge in [-0.3, -0.25) is 9.69 Å². The lowest BCUT2D eigenvalue weighted by Crippen LogP contribution is -2.27. The van der Waals surface area contributed by atoms with Crippen LogP contribution in [0, 0.1) is 0 Å². The monoisotopic (exact) mass is 497 g/mol. The smallest absolute Gasteiger partial charge is 0.270 e. The molecule has 1 heterocycles. The number of ether oxygens (including phenoxy) is 3. The fourth-order valence-electron chi connectivity index (χ4n) is 3.29. The van der Waals surface area contributed by atoms with Gasteiger partial charge in [0.05, 0.1) is 24.8 Å². The first-order chi connectivity index (χ1) is 16.0. The van der Waals surface area contributed by atoms with Gasteiger partial charge in [-0.2, -0.15) is 0 Å². The van der Waals surface area contributed by atoms with Gasteiger partial charge < -0.3 is 14.2 Å². The molecule has 3 aromatic carbocycles. The van der Waals surface area contributed by atoms with Crippen LogP contribution in [0.15, 0.2) is 71.6 Å². The molecule has 33 heavy (non-hydrogen) atoms. The van der Waals surface area contributed by atoms with Gasteiger partial charge in [0.2, 0.25) is 0 Å². The summed E-state index contributed by atoms with van der Waals surface area (Å²) in [5.74, 6) is 1.54. The maximum atomic E-state index is 13.3. The Kier molecular flexibility index (Phi) is 7.23. The van der Waals surface area contributed by atoms with E-state index in [9.17, 15) is 4.79 Å². The fourth-order valence-corrected chi connectivity index (χ4v) is 4.75. The minimum Gasteiger partial charge on any atom is -0.497 e. The van der Waals surface area contributed by atoms with Crippen LogP contribution in [0.4, 0.5) is 5.69 Å². The van der Waals surface area contributed by atoms with Crippen molar-refractivity contribution < 1.29 is 19.0 Å². The van der Waals surface area contributed by atoms with Gasteiger partial charge in [0.1, 0.15) is 23.9 Å². The van der Waals surface area contributed by atoms with Crippen LogP contribution in [-0.4, -0.2) is 24.4 Å². The van der Waals surface area contributed by atoms with E-state index in [1.54, 1.807) is 38.5 Å². The summed E-state index contributed by atoms with van der Waals surface area (Å²) in [7, 11) is 3.11. The summed E-state index contributed by atoms with van der Waals surface area (Å²) < 4.78 is 17.1. The van der Waals surface area contributed by atoms with E-state index in [0.29, 0.717) is 43.8 Å². The van der Waals surface area contributed by atoms with Crippen LogP contribution >= 0.6 is 35.6 Å². The van der Waals surface area contributed by atoms with Crippen molar-refractivity contribution in [1.82, 2.24) is 0 Å². The lowest BCUT2D eigenvalue weighted by Gasteiger charge is -2.18. The number of hydrogen-bond donors (Lipinski definition) is 0. The third-order valence-corrected chi connectivity index (χ3v) is 6.64. The Morgan fingerprint density at radius 2 is 1.76 bits per heavy atom. The SMILES string of the molecule is COc1ccc(N2C(=O)C(=Cc3ccccc3OCc3ccccc3Cl)SC2=S)c(OC)c1. The second-order valence-electron chi connectivity index (χ2n) is 6.97. The molecule has 0 spiro atoms. The van der Waals surface area contributed by atoms with Crippen molar-refractivity contribution in [3.05, 3.63) is 87.8 Å². The highest BCUT2D eigenvalue weighted by atomic mass is 35.5. The van der Waals surface area contributed by atoms with Crippen molar-refractivity contribution in [2.24, 2.45) is 0 Å². The average Bonchev–Trinajstić information content (AvgIpc) is 3.11. The van der Waals surface area contributed by atoms with Crippen LogP contribution in [0.3, 0.4) is 0 Å². The zero-order chi connectivity index (χ0) is 23.4. The largest absolute Gasteiger partial charge is 0.497 e. The van der Waals surface area contributed by atoms with Crippen molar-refractivity contribution in [2.45, 2.75) is 6.61 Å². The van der Waals surface area contributed by atoms with Gasteiger partial charge in [0.15, 0.2) is 4.32 Å². The van der Waals surface area contributed by atoms with Crippen molar-refractivity contribution in [1.29, 1.82) is 0 Å². The minimum absolute atomic E-state index is 0.227. The number of anilines is 1. The highest BCUT2D eigenvalue weighted by molar-refractivity contribution is 8.27. The van der Waals surface area contributed by atoms with Gasteiger partial charge in [-0.05, 0) is 30.3 Å². The number of thiocarbonyl (C=S) groups is 1. The summed E-state index contributed by atoms with van der Waals surface area (Å²) in [6, 6.07) is 20.3. The quantitative estimate of drug-likeness (QED) is 0.280. The Balaban J connectivity index is 1.60. The lowest BCUT2D eigenvalue weighted by atomic mass is 10.1. The summed E-state index contributed by atoms with van der Waals surface area (Å²) in [6.45, 7) is 0.314. The van der Waals surface area contributed by atoms with Crippen LogP contribution < -0.4 is 19.1 Å². The molecule has 0 N–H and O–H groups in total. The number of carbonyl (C=O) groups is 1. The van der Waals surface area contributed by atoms with Crippen LogP contribution in [0.25, 0.3) is 6.08 Å². The number of carbonyl (C=O) groups excluding carboxylic acids is 1. The number of amides is 1. The summed E-state index contributed by atoms with van der Waals surface area (Å²) >= 11 is 13.0. The molecule has 0 aliphatic carbocycles. The first kappa shape index (κ1) is 23.2. The first-order valence-electron chi connectivity index (χ1n) is 9.97. The number of halogens is 1. The van der Waals surface area contributed by atoms with Gasteiger partial charge in [-0.15, -0.1) is 0 Å². The van der Waals surface area contributed by atoms with Crippen molar-refractivity contribution >= 4 is 57.6 Å². The van der Waals surface area contributed by atoms with E-state index in [1.807, 2.05) is 48.5 Å². The molecule has 0 aromatic heterocycles. The van der Waals surface area contributed by atoms with E-state index in [2.05, 4.69) is 0 Å². The summed E-state index contributed by atoms with van der Waals surface area (Å²) in [6.07, 6.45) is 1.79. The first-order valence-corrected chi connectivity index (χ1v) is 11.6. The number of thioether (sulfide) groups is 1. The summed E-state index contributed by atoms with van der Waals surface area (Å²) in [5.41, 5.74) is 2.21. The number of nitrogens with zero attached hydrogens (tertiary/aromatic N) is 1. The molecule has 168 valence electrons. The number of hydrogen-bond acceptors (Lipinski definition) is 6. The third-order valence-electron chi connectivity index (χ3n) is 4.97. The molecule has 0 atom stereocenters. The number of methoxy groups -OCH3 is 2. The number of para-hydroxylation sites is 1. The Bertz CT molecular complexity index is 1240. The van der Waals surface area contributed by atoms with Crippen LogP contribution in [-0.2, 0) is 11.4 Å². The van der Waals surface area contributed by atoms with Crippen LogP contribution in [0.2, 0.25) is 5.02 Å². The maximum Gasteiger partial charge on any atom is 0.270 e. The molecule has 1 aliphatic heterocycles. The molecule has 3 aromatic rings. The van der Waals surface area contributed by atoms with E-state index in [-0.39, 0.29) is 5.91 Å². The number of benzene rings is 3. The summed E-state index contributed by atoms with van der Waals surface area (Å²) in [4.78, 5) is 15.2. The standard InChI is InChI=1S/C25H20ClNO4S2/c1-29-18-11-12-20(22(14-18)30-2)27-24(28)23(33-25(27)32)13-16-7-4-6-10-21(16)31-15-17-8-3-5-9-19(17)26/h3-14H,15H2,1-2H3. The second kappa shape index (κ2) is 10.3. The van der Waals surface area contributed by atoms with Gasteiger partial charge in [-0.1, -0.05) is 72.0 Å². The normalized spacial score (nSPS) is 14.6. The van der Waals surface area contributed by atoms with E-state index in [0.717, 1.165) is 11.1 Å². The molecule has 4 rings (SSSR count). The lowest BCUT2D eigenvalue weighted by molar-refractivity contribution is -0.113. The van der Waals surface area contributed by atoms with E-state index >= 15 is 0 Å². The zero-order valence-electron chi connectivity index (χ0n) is 17.9. The van der Waals surface area contributed by atoms with Crippen LogP contribution in [0.1, 0.15) is 11.1 Å². The molecular formula is C25H20ClNO4S2. The van der Waals surface area contributed by atoms with Gasteiger partial charge in [-0.25, -0.2) is 0 Å².